The number of rotatable bonds is 7. The van der Waals surface area contributed by atoms with Crippen LogP contribution in [0.3, 0.4) is 0 Å². The molecule has 31 heavy (non-hydrogen) atoms. The van der Waals surface area contributed by atoms with Gasteiger partial charge in [0.1, 0.15) is 17.2 Å². The molecule has 2 atom stereocenters. The maximum atomic E-state index is 13.4. The van der Waals surface area contributed by atoms with Gasteiger partial charge in [0.15, 0.2) is 0 Å². The van der Waals surface area contributed by atoms with Crippen molar-refractivity contribution in [3.63, 3.8) is 0 Å². The molecule has 0 aromatic heterocycles. The van der Waals surface area contributed by atoms with Gasteiger partial charge in [-0.15, -0.1) is 0 Å². The second-order valence-electron chi connectivity index (χ2n) is 10.1. The molecular weight excluding hydrogens is 406 g/mol. The summed E-state index contributed by atoms with van der Waals surface area (Å²) in [5.74, 6) is -4.41. The van der Waals surface area contributed by atoms with E-state index in [1.165, 1.54) is 6.92 Å². The summed E-state index contributed by atoms with van der Waals surface area (Å²) in [4.78, 5) is 53.8. The highest BCUT2D eigenvalue weighted by Crippen LogP contribution is 2.44. The maximum absolute atomic E-state index is 13.4. The molecule has 0 radical (unpaired) electrons. The molecule has 1 rings (SSSR count). The van der Waals surface area contributed by atoms with E-state index in [-0.39, 0.29) is 0 Å². The average Bonchev–Trinajstić information content (AvgIpc) is 2.70. The van der Waals surface area contributed by atoms with Gasteiger partial charge in [-0.2, -0.15) is 0 Å². The zero-order valence-corrected chi connectivity index (χ0v) is 20.3. The third kappa shape index (κ3) is 5.37. The Bertz CT molecular complexity index is 696. The number of aliphatic hydroxyl groups is 1. The molecule has 0 aliphatic carbocycles. The Balaban J connectivity index is 3.81. The van der Waals surface area contributed by atoms with Crippen LogP contribution in [0.1, 0.15) is 75.7 Å². The van der Waals surface area contributed by atoms with Gasteiger partial charge < -0.3 is 24.2 Å². The lowest BCUT2D eigenvalue weighted by Gasteiger charge is -2.44. The molecule has 1 amide bonds. The van der Waals surface area contributed by atoms with Crippen LogP contribution in [0.15, 0.2) is 0 Å². The van der Waals surface area contributed by atoms with E-state index in [2.05, 4.69) is 0 Å². The number of likely N-dealkylation sites (tertiary alicyclic amines) is 1. The van der Waals surface area contributed by atoms with Crippen LogP contribution >= 0.6 is 0 Å². The summed E-state index contributed by atoms with van der Waals surface area (Å²) in [6, 6.07) is -1.33. The van der Waals surface area contributed by atoms with E-state index < -0.39 is 71.1 Å². The van der Waals surface area contributed by atoms with Crippen molar-refractivity contribution < 1.29 is 38.5 Å². The minimum Gasteiger partial charge on any atom is -0.461 e. The Kier molecular flexibility index (Phi) is 7.92. The normalized spacial score (nSPS) is 22.1. The van der Waals surface area contributed by atoms with Gasteiger partial charge in [0, 0.05) is 0 Å². The van der Waals surface area contributed by atoms with Crippen LogP contribution in [0.25, 0.3) is 0 Å². The molecule has 178 valence electrons. The van der Waals surface area contributed by atoms with Crippen LogP contribution in [0, 0.1) is 5.92 Å². The van der Waals surface area contributed by atoms with Crippen molar-refractivity contribution in [1.82, 2.24) is 4.90 Å². The fourth-order valence-electron chi connectivity index (χ4n) is 3.67. The van der Waals surface area contributed by atoms with Crippen LogP contribution in [0.5, 0.6) is 0 Å². The van der Waals surface area contributed by atoms with E-state index in [4.69, 9.17) is 14.2 Å². The zero-order valence-electron chi connectivity index (χ0n) is 20.3. The monoisotopic (exact) mass is 443 g/mol. The molecule has 0 saturated carbocycles. The standard InChI is InChI=1S/C22H37NO8/c1-12(2)16(17(25)31-20(7,8)9)23-15(24)11-21(10,28)22(23,18(26)29-13(3)4)19(27)30-14(5)6/h12-14,16,28H,11H2,1-10H3. The van der Waals surface area contributed by atoms with E-state index in [1.54, 1.807) is 62.3 Å². The lowest BCUT2D eigenvalue weighted by Crippen LogP contribution is -2.72. The Hall–Kier alpha value is -2.16. The first-order valence-electron chi connectivity index (χ1n) is 10.6. The fourth-order valence-corrected chi connectivity index (χ4v) is 3.67. The molecule has 2 unspecified atom stereocenters. The summed E-state index contributed by atoms with van der Waals surface area (Å²) >= 11 is 0. The molecule has 1 fully saturated rings. The molecule has 0 aromatic rings. The van der Waals surface area contributed by atoms with Gasteiger partial charge in [0.2, 0.25) is 5.91 Å². The van der Waals surface area contributed by atoms with E-state index in [0.29, 0.717) is 0 Å². The minimum absolute atomic E-state index is 0.550. The number of esters is 3. The number of ether oxygens (including phenoxy) is 3. The number of carbonyl (C=O) groups is 4. The van der Waals surface area contributed by atoms with Crippen molar-refractivity contribution in [2.75, 3.05) is 0 Å². The molecule has 0 bridgehead atoms. The fraction of sp³-hybridized carbons (Fsp3) is 0.818. The Morgan fingerprint density at radius 3 is 1.71 bits per heavy atom. The molecule has 9 nitrogen and oxygen atoms in total. The molecular formula is C22H37NO8. The summed E-state index contributed by atoms with van der Waals surface area (Å²) in [6.45, 7) is 15.8. The lowest BCUT2D eigenvalue weighted by atomic mass is 9.80. The van der Waals surface area contributed by atoms with E-state index in [9.17, 15) is 24.3 Å². The highest BCUT2D eigenvalue weighted by molar-refractivity contribution is 6.13. The van der Waals surface area contributed by atoms with Gasteiger partial charge >= 0.3 is 17.9 Å². The number of carbonyl (C=O) groups excluding carboxylic acids is 4. The van der Waals surface area contributed by atoms with Crippen molar-refractivity contribution in [3.8, 4) is 0 Å². The van der Waals surface area contributed by atoms with Crippen molar-refractivity contribution in [1.29, 1.82) is 0 Å². The lowest BCUT2D eigenvalue weighted by molar-refractivity contribution is -0.199. The first kappa shape index (κ1) is 26.9. The van der Waals surface area contributed by atoms with Gasteiger partial charge in [-0.3, -0.25) is 4.79 Å². The Morgan fingerprint density at radius 2 is 1.39 bits per heavy atom. The molecule has 1 saturated heterocycles. The van der Waals surface area contributed by atoms with E-state index >= 15 is 0 Å². The quantitative estimate of drug-likeness (QED) is 0.360. The zero-order chi connectivity index (χ0) is 24.5. The molecule has 9 heteroatoms. The predicted octanol–water partition coefficient (Wildman–Crippen LogP) is 1.98. The topological polar surface area (TPSA) is 119 Å². The summed E-state index contributed by atoms with van der Waals surface area (Å²) in [6.07, 6.45) is -1.87. The number of hydrogen-bond donors (Lipinski definition) is 1. The smallest absolute Gasteiger partial charge is 0.347 e. The van der Waals surface area contributed by atoms with Crippen molar-refractivity contribution in [3.05, 3.63) is 0 Å². The molecule has 1 heterocycles. The van der Waals surface area contributed by atoms with Gasteiger partial charge in [-0.05, 0) is 61.3 Å². The highest BCUT2D eigenvalue weighted by Gasteiger charge is 2.74. The van der Waals surface area contributed by atoms with Gasteiger partial charge in [0.05, 0.1) is 18.6 Å². The van der Waals surface area contributed by atoms with Crippen LogP contribution in [0.4, 0.5) is 0 Å². The van der Waals surface area contributed by atoms with Crippen LogP contribution < -0.4 is 0 Å². The SMILES string of the molecule is CC(C)OC(=O)C1(C(=O)OC(C)C)N(C(C(=O)OC(C)(C)C)C(C)C)C(=O)CC1(C)O. The summed E-state index contributed by atoms with van der Waals surface area (Å²) < 4.78 is 16.1. The number of amides is 1. The third-order valence-electron chi connectivity index (χ3n) is 4.74. The van der Waals surface area contributed by atoms with Crippen LogP contribution in [0.2, 0.25) is 0 Å². The Labute approximate surface area is 184 Å². The molecule has 0 aromatic carbocycles. The van der Waals surface area contributed by atoms with Crippen molar-refractivity contribution >= 4 is 23.8 Å². The van der Waals surface area contributed by atoms with Gasteiger partial charge in [0.25, 0.3) is 5.54 Å². The summed E-state index contributed by atoms with van der Waals surface area (Å²) in [7, 11) is 0. The second kappa shape index (κ2) is 9.14. The number of nitrogens with zero attached hydrogens (tertiary/aromatic N) is 1. The molecule has 1 aliphatic rings. The largest absolute Gasteiger partial charge is 0.461 e. The second-order valence-corrected chi connectivity index (χ2v) is 10.1. The van der Waals surface area contributed by atoms with Crippen molar-refractivity contribution in [2.45, 2.75) is 111 Å². The van der Waals surface area contributed by atoms with Gasteiger partial charge in [-0.1, -0.05) is 13.8 Å². The molecule has 1 aliphatic heterocycles. The molecule has 0 spiro atoms. The number of hydrogen-bond acceptors (Lipinski definition) is 8. The van der Waals surface area contributed by atoms with E-state index in [0.717, 1.165) is 4.90 Å². The third-order valence-corrected chi connectivity index (χ3v) is 4.74. The van der Waals surface area contributed by atoms with Crippen molar-refractivity contribution in [2.24, 2.45) is 5.92 Å². The highest BCUT2D eigenvalue weighted by atomic mass is 16.6. The molecule has 1 N–H and O–H groups in total. The summed E-state index contributed by atoms with van der Waals surface area (Å²) in [5, 5.41) is 11.2. The van der Waals surface area contributed by atoms with Crippen LogP contribution in [-0.4, -0.2) is 68.8 Å². The minimum atomic E-state index is -2.57. The van der Waals surface area contributed by atoms with Crippen LogP contribution in [-0.2, 0) is 33.4 Å². The Morgan fingerprint density at radius 1 is 0.968 bits per heavy atom. The van der Waals surface area contributed by atoms with Gasteiger partial charge in [-0.25, -0.2) is 14.4 Å². The average molecular weight is 444 g/mol. The first-order chi connectivity index (χ1) is 13.9. The predicted molar refractivity (Wildman–Crippen MR) is 112 cm³/mol. The maximum Gasteiger partial charge on any atom is 0.347 e. The van der Waals surface area contributed by atoms with E-state index in [1.807, 2.05) is 0 Å². The summed E-state index contributed by atoms with van der Waals surface area (Å²) in [5.41, 5.74) is -5.63. The first-order valence-corrected chi connectivity index (χ1v) is 10.6.